The Bertz CT molecular complexity index is 473. The summed E-state index contributed by atoms with van der Waals surface area (Å²) in [5, 5.41) is 0. The van der Waals surface area contributed by atoms with Crippen LogP contribution in [-0.2, 0) is 9.59 Å². The summed E-state index contributed by atoms with van der Waals surface area (Å²) in [7, 11) is 0. The van der Waals surface area contributed by atoms with Crippen LogP contribution in [0.2, 0.25) is 0 Å². The summed E-state index contributed by atoms with van der Waals surface area (Å²) in [5.74, 6) is -0.601. The molecule has 0 N–H and O–H groups in total. The lowest BCUT2D eigenvalue weighted by molar-refractivity contribution is -0.133. The Labute approximate surface area is 113 Å². The molecule has 0 atom stereocenters. The minimum Gasteiger partial charge on any atom is -0.298 e. The third kappa shape index (κ3) is 3.37. The van der Waals surface area contributed by atoms with Crippen LogP contribution in [0.1, 0.15) is 38.2 Å². The van der Waals surface area contributed by atoms with Crippen molar-refractivity contribution in [3.63, 3.8) is 0 Å². The standard InChI is InChI=1S/C16H19NO2/c1-11(2)17-10-14-15(18)8-13(9-16(14)19)12-6-4-3-5-7-12/h3-7,10-11,13-14H,8-9H2,1-2H3. The minimum absolute atomic E-state index is 0.00509. The Balaban J connectivity index is 2.11. The van der Waals surface area contributed by atoms with E-state index in [9.17, 15) is 9.59 Å². The Morgan fingerprint density at radius 2 is 1.68 bits per heavy atom. The lowest BCUT2D eigenvalue weighted by Gasteiger charge is -2.24. The highest BCUT2D eigenvalue weighted by atomic mass is 16.2. The summed E-state index contributed by atoms with van der Waals surface area (Å²) in [6.45, 7) is 3.86. The number of nitrogens with zero attached hydrogens (tertiary/aromatic N) is 1. The van der Waals surface area contributed by atoms with Gasteiger partial charge in [-0.05, 0) is 25.3 Å². The third-order valence-corrected chi connectivity index (χ3v) is 3.39. The smallest absolute Gasteiger partial charge is 0.149 e. The number of carbonyl (C=O) groups is 2. The maximum Gasteiger partial charge on any atom is 0.149 e. The lowest BCUT2D eigenvalue weighted by Crippen LogP contribution is -2.33. The molecule has 1 aliphatic rings. The van der Waals surface area contributed by atoms with Gasteiger partial charge in [0, 0.05) is 25.1 Å². The number of Topliss-reactive ketones (excluding diaryl/α,β-unsaturated/α-hetero) is 2. The van der Waals surface area contributed by atoms with E-state index in [0.717, 1.165) is 5.56 Å². The van der Waals surface area contributed by atoms with Crippen molar-refractivity contribution in [3.05, 3.63) is 35.9 Å². The molecule has 3 heteroatoms. The van der Waals surface area contributed by atoms with E-state index in [1.807, 2.05) is 44.2 Å². The van der Waals surface area contributed by atoms with Gasteiger partial charge in [0.1, 0.15) is 17.5 Å². The van der Waals surface area contributed by atoms with E-state index in [1.165, 1.54) is 6.21 Å². The molecule has 1 saturated carbocycles. The molecule has 0 amide bonds. The van der Waals surface area contributed by atoms with E-state index in [-0.39, 0.29) is 23.5 Å². The first kappa shape index (κ1) is 13.7. The summed E-state index contributed by atoms with van der Waals surface area (Å²) in [6, 6.07) is 9.90. The van der Waals surface area contributed by atoms with Crippen LogP contribution in [0, 0.1) is 5.92 Å². The van der Waals surface area contributed by atoms with Crippen molar-refractivity contribution in [2.75, 3.05) is 0 Å². The molecule has 2 rings (SSSR count). The van der Waals surface area contributed by atoms with Gasteiger partial charge in [-0.1, -0.05) is 30.3 Å². The predicted molar refractivity (Wildman–Crippen MR) is 75.5 cm³/mol. The zero-order valence-corrected chi connectivity index (χ0v) is 11.4. The van der Waals surface area contributed by atoms with Crippen molar-refractivity contribution in [1.82, 2.24) is 0 Å². The highest BCUT2D eigenvalue weighted by Crippen LogP contribution is 2.31. The number of benzene rings is 1. The molecule has 3 nitrogen and oxygen atoms in total. The summed E-state index contributed by atoms with van der Waals surface area (Å²) < 4.78 is 0. The molecule has 1 fully saturated rings. The number of hydrogen-bond acceptors (Lipinski definition) is 3. The fraction of sp³-hybridized carbons (Fsp3) is 0.438. The van der Waals surface area contributed by atoms with Gasteiger partial charge in [0.2, 0.25) is 0 Å². The molecule has 0 saturated heterocycles. The Morgan fingerprint density at radius 1 is 1.11 bits per heavy atom. The van der Waals surface area contributed by atoms with E-state index < -0.39 is 5.92 Å². The van der Waals surface area contributed by atoms with E-state index in [4.69, 9.17) is 0 Å². The SMILES string of the molecule is CC(C)N=CC1C(=O)CC(c2ccccc2)CC1=O. The van der Waals surface area contributed by atoms with Gasteiger partial charge in [-0.3, -0.25) is 14.6 Å². The van der Waals surface area contributed by atoms with Gasteiger partial charge in [-0.2, -0.15) is 0 Å². The number of hydrogen-bond donors (Lipinski definition) is 0. The van der Waals surface area contributed by atoms with Crippen LogP contribution in [0.25, 0.3) is 0 Å². The first-order valence-electron chi connectivity index (χ1n) is 6.71. The second-order valence-electron chi connectivity index (χ2n) is 5.32. The Morgan fingerprint density at radius 3 is 2.21 bits per heavy atom. The Kier molecular flexibility index (Phi) is 4.25. The highest BCUT2D eigenvalue weighted by molar-refractivity contribution is 6.16. The molecule has 0 aromatic heterocycles. The van der Waals surface area contributed by atoms with Crippen LogP contribution < -0.4 is 0 Å². The van der Waals surface area contributed by atoms with Crippen LogP contribution in [0.3, 0.4) is 0 Å². The van der Waals surface area contributed by atoms with Crippen molar-refractivity contribution in [3.8, 4) is 0 Å². The van der Waals surface area contributed by atoms with E-state index in [0.29, 0.717) is 12.8 Å². The second kappa shape index (κ2) is 5.91. The van der Waals surface area contributed by atoms with E-state index in [2.05, 4.69) is 4.99 Å². The first-order chi connectivity index (χ1) is 9.08. The molecule has 1 aromatic carbocycles. The zero-order chi connectivity index (χ0) is 13.8. The van der Waals surface area contributed by atoms with Gasteiger partial charge in [0.25, 0.3) is 0 Å². The third-order valence-electron chi connectivity index (χ3n) is 3.39. The van der Waals surface area contributed by atoms with E-state index >= 15 is 0 Å². The maximum absolute atomic E-state index is 12.1. The quantitative estimate of drug-likeness (QED) is 0.617. The molecular formula is C16H19NO2. The molecule has 1 aliphatic carbocycles. The molecule has 1 aromatic rings. The molecule has 100 valence electrons. The maximum atomic E-state index is 12.1. The lowest BCUT2D eigenvalue weighted by atomic mass is 9.77. The van der Waals surface area contributed by atoms with Gasteiger partial charge < -0.3 is 0 Å². The fourth-order valence-electron chi connectivity index (χ4n) is 2.38. The number of aliphatic imine (C=N–C) groups is 1. The average Bonchev–Trinajstić information content (AvgIpc) is 2.38. The molecule has 0 unspecified atom stereocenters. The van der Waals surface area contributed by atoms with Crippen molar-refractivity contribution < 1.29 is 9.59 Å². The molecule has 0 bridgehead atoms. The summed E-state index contributed by atoms with van der Waals surface area (Å²) in [6.07, 6.45) is 2.41. The van der Waals surface area contributed by atoms with Crippen LogP contribution >= 0.6 is 0 Å². The van der Waals surface area contributed by atoms with Crippen molar-refractivity contribution >= 4 is 17.8 Å². The van der Waals surface area contributed by atoms with Crippen molar-refractivity contribution in [2.45, 2.75) is 38.6 Å². The van der Waals surface area contributed by atoms with Gasteiger partial charge in [-0.15, -0.1) is 0 Å². The number of rotatable bonds is 3. The molecule has 0 aliphatic heterocycles. The highest BCUT2D eigenvalue weighted by Gasteiger charge is 2.34. The monoisotopic (exact) mass is 257 g/mol. The molecule has 0 spiro atoms. The summed E-state index contributed by atoms with van der Waals surface area (Å²) >= 11 is 0. The van der Waals surface area contributed by atoms with Crippen molar-refractivity contribution in [1.29, 1.82) is 0 Å². The Hall–Kier alpha value is -1.77. The second-order valence-corrected chi connectivity index (χ2v) is 5.32. The normalized spacial score (nSPS) is 24.4. The van der Waals surface area contributed by atoms with Gasteiger partial charge in [0.15, 0.2) is 0 Å². The van der Waals surface area contributed by atoms with Gasteiger partial charge in [-0.25, -0.2) is 0 Å². The number of ketones is 2. The van der Waals surface area contributed by atoms with Gasteiger partial charge in [0.05, 0.1) is 0 Å². The fourth-order valence-corrected chi connectivity index (χ4v) is 2.38. The van der Waals surface area contributed by atoms with Crippen LogP contribution in [0.5, 0.6) is 0 Å². The minimum atomic E-state index is -0.623. The molecule has 19 heavy (non-hydrogen) atoms. The summed E-state index contributed by atoms with van der Waals surface area (Å²) in [4.78, 5) is 28.4. The zero-order valence-electron chi connectivity index (χ0n) is 11.4. The van der Waals surface area contributed by atoms with E-state index in [1.54, 1.807) is 0 Å². The average molecular weight is 257 g/mol. The predicted octanol–water partition coefficient (Wildman–Crippen LogP) is 2.80. The van der Waals surface area contributed by atoms with Crippen LogP contribution in [-0.4, -0.2) is 23.8 Å². The van der Waals surface area contributed by atoms with Gasteiger partial charge >= 0.3 is 0 Å². The van der Waals surface area contributed by atoms with Crippen LogP contribution in [0.4, 0.5) is 0 Å². The molecule has 0 heterocycles. The first-order valence-corrected chi connectivity index (χ1v) is 6.71. The molecular weight excluding hydrogens is 238 g/mol. The number of carbonyl (C=O) groups excluding carboxylic acids is 2. The summed E-state index contributed by atoms with van der Waals surface area (Å²) in [5.41, 5.74) is 1.07. The topological polar surface area (TPSA) is 46.5 Å². The largest absolute Gasteiger partial charge is 0.298 e. The molecule has 0 radical (unpaired) electrons. The van der Waals surface area contributed by atoms with Crippen LogP contribution in [0.15, 0.2) is 35.3 Å². The van der Waals surface area contributed by atoms with Crippen molar-refractivity contribution in [2.24, 2.45) is 10.9 Å².